The molecule has 2 aromatic carbocycles. The summed E-state index contributed by atoms with van der Waals surface area (Å²) < 4.78 is 20.5. The fourth-order valence-corrected chi connectivity index (χ4v) is 3.11. The van der Waals surface area contributed by atoms with E-state index >= 15 is 0 Å². The summed E-state index contributed by atoms with van der Waals surface area (Å²) in [6.45, 7) is 1.70. The number of nitrogens with one attached hydrogen (secondary N) is 1. The van der Waals surface area contributed by atoms with Crippen LogP contribution >= 0.6 is 0 Å². The predicted octanol–water partition coefficient (Wildman–Crippen LogP) is 2.28. The van der Waals surface area contributed by atoms with Gasteiger partial charge in [-0.3, -0.25) is 0 Å². The number of ether oxygens (including phenoxy) is 1. The minimum Gasteiger partial charge on any atom is -0.508 e. The number of urea groups is 1. The van der Waals surface area contributed by atoms with Gasteiger partial charge in [-0.2, -0.15) is 5.10 Å². The molecule has 9 heteroatoms. The summed E-state index contributed by atoms with van der Waals surface area (Å²) in [5.74, 6) is 0.874. The molecule has 2 amide bonds. The summed E-state index contributed by atoms with van der Waals surface area (Å²) in [4.78, 5) is 18.4. The first-order valence-electron chi connectivity index (χ1n) is 9.17. The monoisotopic (exact) mass is 397 g/mol. The van der Waals surface area contributed by atoms with Gasteiger partial charge in [0.2, 0.25) is 0 Å². The van der Waals surface area contributed by atoms with Crippen LogP contribution < -0.4 is 10.1 Å². The Hall–Kier alpha value is -3.62. The molecule has 0 bridgehead atoms. The summed E-state index contributed by atoms with van der Waals surface area (Å²) in [5, 5.41) is 16.7. The van der Waals surface area contributed by atoms with Crippen LogP contribution in [0.5, 0.6) is 11.5 Å². The number of halogens is 1. The number of nitrogens with zero attached hydrogens (tertiary/aromatic N) is 4. The summed E-state index contributed by atoms with van der Waals surface area (Å²) in [7, 11) is 0. The van der Waals surface area contributed by atoms with Crippen LogP contribution in [0.4, 0.5) is 9.18 Å². The number of phenols is 1. The number of hydrogen-bond donors (Lipinski definition) is 2. The van der Waals surface area contributed by atoms with Crippen LogP contribution in [0.1, 0.15) is 17.0 Å². The average molecular weight is 397 g/mol. The molecule has 4 rings (SSSR count). The van der Waals surface area contributed by atoms with Gasteiger partial charge in [0, 0.05) is 11.6 Å². The van der Waals surface area contributed by atoms with Crippen LogP contribution in [0.25, 0.3) is 0 Å². The zero-order valence-corrected chi connectivity index (χ0v) is 15.6. The van der Waals surface area contributed by atoms with E-state index < -0.39 is 0 Å². The average Bonchev–Trinajstić information content (AvgIpc) is 3.03. The topological polar surface area (TPSA) is 92.5 Å². The molecular weight excluding hydrogens is 377 g/mol. The van der Waals surface area contributed by atoms with E-state index in [1.807, 2.05) is 6.07 Å². The van der Waals surface area contributed by atoms with E-state index in [0.29, 0.717) is 37.8 Å². The van der Waals surface area contributed by atoms with Crippen molar-refractivity contribution in [2.45, 2.75) is 19.6 Å². The van der Waals surface area contributed by atoms with Crippen LogP contribution in [0.15, 0.2) is 48.8 Å². The Morgan fingerprint density at radius 3 is 3.03 bits per heavy atom. The molecule has 1 aliphatic rings. The fraction of sp³-hybridized carbons (Fsp3) is 0.250. The Bertz CT molecular complexity index is 1020. The maximum atomic E-state index is 13.3. The number of benzene rings is 2. The number of phenolic OH excluding ortho intramolecular Hbond substituents is 1. The summed E-state index contributed by atoms with van der Waals surface area (Å²) in [6, 6.07) is 10.9. The first-order valence-corrected chi connectivity index (χ1v) is 9.17. The molecule has 1 aliphatic heterocycles. The number of aromatic hydroxyl groups is 1. The normalized spacial score (nSPS) is 13.3. The minimum atomic E-state index is -0.298. The quantitative estimate of drug-likeness (QED) is 0.705. The molecular formula is C20H20FN5O3. The molecule has 3 aromatic rings. The lowest BCUT2D eigenvalue weighted by Gasteiger charge is -2.19. The largest absolute Gasteiger partial charge is 0.508 e. The predicted molar refractivity (Wildman–Crippen MR) is 102 cm³/mol. The van der Waals surface area contributed by atoms with Gasteiger partial charge >= 0.3 is 6.03 Å². The number of aromatic nitrogens is 3. The molecule has 150 valence electrons. The maximum absolute atomic E-state index is 13.3. The number of rotatable bonds is 4. The Labute approximate surface area is 166 Å². The molecule has 0 saturated heterocycles. The fourth-order valence-electron chi connectivity index (χ4n) is 3.11. The van der Waals surface area contributed by atoms with Gasteiger partial charge in [0.15, 0.2) is 5.82 Å². The lowest BCUT2D eigenvalue weighted by atomic mass is 10.2. The third-order valence-electron chi connectivity index (χ3n) is 4.53. The Balaban J connectivity index is 1.34. The molecule has 0 unspecified atom stereocenters. The first kappa shape index (κ1) is 18.7. The molecule has 1 aromatic heterocycles. The lowest BCUT2D eigenvalue weighted by Crippen LogP contribution is -2.40. The van der Waals surface area contributed by atoms with Gasteiger partial charge in [-0.15, -0.1) is 0 Å². The third-order valence-corrected chi connectivity index (χ3v) is 4.53. The molecule has 0 atom stereocenters. The molecule has 0 spiro atoms. The highest BCUT2D eigenvalue weighted by atomic mass is 19.1. The van der Waals surface area contributed by atoms with Crippen molar-refractivity contribution in [1.29, 1.82) is 0 Å². The van der Waals surface area contributed by atoms with E-state index in [2.05, 4.69) is 15.4 Å². The number of amides is 2. The van der Waals surface area contributed by atoms with Gasteiger partial charge in [-0.25, -0.2) is 18.9 Å². The minimum absolute atomic E-state index is 0.126. The van der Waals surface area contributed by atoms with Crippen molar-refractivity contribution in [3.63, 3.8) is 0 Å². The highest BCUT2D eigenvalue weighted by Gasteiger charge is 2.20. The second kappa shape index (κ2) is 8.17. The van der Waals surface area contributed by atoms with Gasteiger partial charge in [0.25, 0.3) is 0 Å². The molecule has 29 heavy (non-hydrogen) atoms. The van der Waals surface area contributed by atoms with Crippen molar-refractivity contribution in [3.8, 4) is 11.5 Å². The Morgan fingerprint density at radius 2 is 2.17 bits per heavy atom. The SMILES string of the molecule is O=C(NCc1ncn(Cc2cccc(F)c2)n1)N1CCOc2cc(O)ccc2C1. The lowest BCUT2D eigenvalue weighted by molar-refractivity contribution is 0.187. The van der Waals surface area contributed by atoms with Crippen molar-refractivity contribution in [3.05, 3.63) is 71.6 Å². The van der Waals surface area contributed by atoms with Crippen molar-refractivity contribution < 1.29 is 19.0 Å². The number of hydrogen-bond acceptors (Lipinski definition) is 5. The molecule has 0 fully saturated rings. The number of carbonyl (C=O) groups is 1. The van der Waals surface area contributed by atoms with Crippen molar-refractivity contribution in [1.82, 2.24) is 25.0 Å². The standard InChI is InChI=1S/C20H20FN5O3/c21-16-3-1-2-14(8-16)11-26-13-23-19(24-26)10-22-20(28)25-6-7-29-18-9-17(27)5-4-15(18)12-25/h1-5,8-9,13,27H,6-7,10-12H2,(H,22,28). The van der Waals surface area contributed by atoms with Crippen LogP contribution in [0.2, 0.25) is 0 Å². The van der Waals surface area contributed by atoms with E-state index in [0.717, 1.165) is 11.1 Å². The van der Waals surface area contributed by atoms with Gasteiger partial charge in [-0.05, 0) is 29.8 Å². The van der Waals surface area contributed by atoms with Crippen LogP contribution in [-0.2, 0) is 19.6 Å². The molecule has 0 saturated carbocycles. The Morgan fingerprint density at radius 1 is 1.28 bits per heavy atom. The second-order valence-electron chi connectivity index (χ2n) is 6.71. The van der Waals surface area contributed by atoms with Crippen LogP contribution in [0.3, 0.4) is 0 Å². The molecule has 0 radical (unpaired) electrons. The maximum Gasteiger partial charge on any atom is 0.318 e. The highest BCUT2D eigenvalue weighted by Crippen LogP contribution is 2.27. The van der Waals surface area contributed by atoms with Crippen LogP contribution in [-0.4, -0.2) is 44.0 Å². The van der Waals surface area contributed by atoms with E-state index in [4.69, 9.17) is 4.74 Å². The van der Waals surface area contributed by atoms with E-state index in [9.17, 15) is 14.3 Å². The van der Waals surface area contributed by atoms with Gasteiger partial charge in [0.1, 0.15) is 30.3 Å². The van der Waals surface area contributed by atoms with Gasteiger partial charge < -0.3 is 20.1 Å². The van der Waals surface area contributed by atoms with Crippen molar-refractivity contribution in [2.75, 3.05) is 13.2 Å². The van der Waals surface area contributed by atoms with E-state index in [1.54, 1.807) is 40.2 Å². The summed E-state index contributed by atoms with van der Waals surface area (Å²) >= 11 is 0. The highest BCUT2D eigenvalue weighted by molar-refractivity contribution is 5.74. The van der Waals surface area contributed by atoms with E-state index in [1.165, 1.54) is 12.1 Å². The van der Waals surface area contributed by atoms with E-state index in [-0.39, 0.29) is 24.1 Å². The molecule has 0 aliphatic carbocycles. The van der Waals surface area contributed by atoms with Crippen LogP contribution in [0, 0.1) is 5.82 Å². The number of fused-ring (bicyclic) bond motifs is 1. The summed E-state index contributed by atoms with van der Waals surface area (Å²) in [6.07, 6.45) is 1.55. The second-order valence-corrected chi connectivity index (χ2v) is 6.71. The first-order chi connectivity index (χ1) is 14.1. The molecule has 2 N–H and O–H groups in total. The van der Waals surface area contributed by atoms with Gasteiger partial charge in [-0.1, -0.05) is 12.1 Å². The molecule has 8 nitrogen and oxygen atoms in total. The zero-order valence-electron chi connectivity index (χ0n) is 15.6. The van der Waals surface area contributed by atoms with Crippen molar-refractivity contribution >= 4 is 6.03 Å². The van der Waals surface area contributed by atoms with Crippen molar-refractivity contribution in [2.24, 2.45) is 0 Å². The third kappa shape index (κ3) is 4.63. The smallest absolute Gasteiger partial charge is 0.318 e. The summed E-state index contributed by atoms with van der Waals surface area (Å²) in [5.41, 5.74) is 1.60. The van der Waals surface area contributed by atoms with Gasteiger partial charge in [0.05, 0.1) is 26.2 Å². The zero-order chi connectivity index (χ0) is 20.2. The molecule has 2 heterocycles. The number of carbonyl (C=O) groups excluding carboxylic acids is 1. The Kier molecular flexibility index (Phi) is 5.28.